The number of amides is 1. The molecule has 2 aromatic carbocycles. The first-order valence-corrected chi connectivity index (χ1v) is 8.93. The molecule has 0 saturated carbocycles. The van der Waals surface area contributed by atoms with Crippen molar-refractivity contribution >= 4 is 41.0 Å². The number of rotatable bonds is 7. The molecule has 0 saturated heterocycles. The summed E-state index contributed by atoms with van der Waals surface area (Å²) in [7, 11) is 0. The molecule has 0 aliphatic heterocycles. The van der Waals surface area contributed by atoms with Gasteiger partial charge in [-0.2, -0.15) is 5.10 Å². The number of nitro benzene ring substituents is 1. The Balaban J connectivity index is 1.57. The molecule has 8 nitrogen and oxygen atoms in total. The Morgan fingerprint density at radius 1 is 1.21 bits per heavy atom. The molecule has 1 aromatic heterocycles. The van der Waals surface area contributed by atoms with E-state index in [9.17, 15) is 14.9 Å². The summed E-state index contributed by atoms with van der Waals surface area (Å²) in [6.45, 7) is -0.307. The van der Waals surface area contributed by atoms with Gasteiger partial charge in [-0.05, 0) is 36.4 Å². The van der Waals surface area contributed by atoms with Crippen molar-refractivity contribution in [1.82, 2.24) is 5.43 Å². The zero-order chi connectivity index (χ0) is 20.8. The van der Waals surface area contributed by atoms with E-state index < -0.39 is 10.8 Å². The fraction of sp³-hybridized carbons (Fsp3) is 0.0526. The number of hydrogen-bond acceptors (Lipinski definition) is 6. The quantitative estimate of drug-likeness (QED) is 0.330. The van der Waals surface area contributed by atoms with E-state index in [0.717, 1.165) is 0 Å². The number of furan rings is 1. The highest BCUT2D eigenvalue weighted by Gasteiger charge is 2.16. The lowest BCUT2D eigenvalue weighted by Gasteiger charge is -2.06. The third-order valence-electron chi connectivity index (χ3n) is 3.63. The first kappa shape index (κ1) is 20.4. The van der Waals surface area contributed by atoms with Gasteiger partial charge in [-0.1, -0.05) is 35.3 Å². The van der Waals surface area contributed by atoms with Crippen molar-refractivity contribution in [2.24, 2.45) is 5.10 Å². The molecule has 1 N–H and O–H groups in total. The van der Waals surface area contributed by atoms with Crippen molar-refractivity contribution in [1.29, 1.82) is 0 Å². The second kappa shape index (κ2) is 9.22. The van der Waals surface area contributed by atoms with Crippen LogP contribution in [0, 0.1) is 10.1 Å². The van der Waals surface area contributed by atoms with Crippen LogP contribution in [0.2, 0.25) is 10.0 Å². The summed E-state index contributed by atoms with van der Waals surface area (Å²) in [5, 5.41) is 15.6. The Hall–Kier alpha value is -3.36. The van der Waals surface area contributed by atoms with E-state index in [2.05, 4.69) is 10.5 Å². The number of halogens is 2. The normalized spacial score (nSPS) is 10.8. The standard InChI is InChI=1S/C19H13Cl2N3O5/c20-12-5-7-18(15(21)9-12)28-11-19(25)23-22-10-13-6-8-17(29-13)14-3-1-2-4-16(14)24(26)27/h1-10H,11H2,(H,23,25). The van der Waals surface area contributed by atoms with E-state index in [4.69, 9.17) is 32.4 Å². The Kier molecular flexibility index (Phi) is 6.48. The maximum Gasteiger partial charge on any atom is 0.280 e. The molecule has 0 unspecified atom stereocenters. The minimum atomic E-state index is -0.516. The van der Waals surface area contributed by atoms with Gasteiger partial charge in [0.25, 0.3) is 11.6 Å². The average Bonchev–Trinajstić information content (AvgIpc) is 3.16. The van der Waals surface area contributed by atoms with Crippen LogP contribution in [0.15, 0.2) is 64.1 Å². The predicted molar refractivity (Wildman–Crippen MR) is 108 cm³/mol. The summed E-state index contributed by atoms with van der Waals surface area (Å²) in [6.07, 6.45) is 1.27. The SMILES string of the molecule is O=C(COc1ccc(Cl)cc1Cl)NN=Cc1ccc(-c2ccccc2[N+](=O)[O-])o1. The van der Waals surface area contributed by atoms with E-state index >= 15 is 0 Å². The number of hydrogen-bond donors (Lipinski definition) is 1. The number of nitrogens with zero attached hydrogens (tertiary/aromatic N) is 2. The molecular formula is C19H13Cl2N3O5. The Morgan fingerprint density at radius 3 is 2.76 bits per heavy atom. The van der Waals surface area contributed by atoms with Crippen LogP contribution in [-0.4, -0.2) is 23.7 Å². The molecule has 0 aliphatic carbocycles. The largest absolute Gasteiger partial charge is 0.482 e. The minimum absolute atomic E-state index is 0.0725. The van der Waals surface area contributed by atoms with Crippen LogP contribution in [0.4, 0.5) is 5.69 Å². The van der Waals surface area contributed by atoms with Gasteiger partial charge in [0.2, 0.25) is 0 Å². The fourth-order valence-electron chi connectivity index (χ4n) is 2.34. The van der Waals surface area contributed by atoms with E-state index in [1.807, 2.05) is 0 Å². The van der Waals surface area contributed by atoms with Crippen molar-refractivity contribution in [2.75, 3.05) is 6.61 Å². The zero-order valence-corrected chi connectivity index (χ0v) is 16.2. The highest BCUT2D eigenvalue weighted by Crippen LogP contribution is 2.30. The molecule has 148 valence electrons. The molecule has 0 aliphatic rings. The Morgan fingerprint density at radius 2 is 2.00 bits per heavy atom. The molecule has 1 amide bonds. The lowest BCUT2D eigenvalue weighted by Crippen LogP contribution is -2.24. The van der Waals surface area contributed by atoms with Crippen molar-refractivity contribution in [3.63, 3.8) is 0 Å². The van der Waals surface area contributed by atoms with Gasteiger partial charge in [0.15, 0.2) is 6.61 Å². The third-order valence-corrected chi connectivity index (χ3v) is 4.16. The topological polar surface area (TPSA) is 107 Å². The summed E-state index contributed by atoms with van der Waals surface area (Å²) in [4.78, 5) is 22.4. The summed E-state index contributed by atoms with van der Waals surface area (Å²) in [5.41, 5.74) is 2.55. The third kappa shape index (κ3) is 5.34. The summed E-state index contributed by atoms with van der Waals surface area (Å²) in [5.74, 6) is 0.416. The van der Waals surface area contributed by atoms with Gasteiger partial charge < -0.3 is 9.15 Å². The molecule has 0 radical (unpaired) electrons. The Labute approximate surface area is 174 Å². The maximum absolute atomic E-state index is 11.8. The molecule has 29 heavy (non-hydrogen) atoms. The second-order valence-electron chi connectivity index (χ2n) is 5.63. The van der Waals surface area contributed by atoms with Crippen molar-refractivity contribution < 1.29 is 18.9 Å². The van der Waals surface area contributed by atoms with Crippen LogP contribution in [0.5, 0.6) is 5.75 Å². The maximum atomic E-state index is 11.8. The fourth-order valence-corrected chi connectivity index (χ4v) is 2.81. The molecule has 10 heteroatoms. The van der Waals surface area contributed by atoms with Crippen molar-refractivity contribution in [3.05, 3.63) is 80.5 Å². The van der Waals surface area contributed by atoms with Gasteiger partial charge in [-0.25, -0.2) is 5.43 Å². The lowest BCUT2D eigenvalue weighted by atomic mass is 10.1. The molecule has 1 heterocycles. The van der Waals surface area contributed by atoms with E-state index in [1.165, 1.54) is 18.3 Å². The van der Waals surface area contributed by atoms with Crippen LogP contribution in [0.25, 0.3) is 11.3 Å². The molecule has 0 spiro atoms. The van der Waals surface area contributed by atoms with E-state index in [0.29, 0.717) is 27.9 Å². The molecule has 0 bridgehead atoms. The summed E-state index contributed by atoms with van der Waals surface area (Å²) < 4.78 is 10.8. The first-order valence-electron chi connectivity index (χ1n) is 8.17. The van der Waals surface area contributed by atoms with Gasteiger partial charge >= 0.3 is 0 Å². The van der Waals surface area contributed by atoms with Crippen molar-refractivity contribution in [3.8, 4) is 17.1 Å². The number of benzene rings is 2. The van der Waals surface area contributed by atoms with E-state index in [-0.39, 0.29) is 17.3 Å². The molecule has 3 aromatic rings. The first-order chi connectivity index (χ1) is 13.9. The van der Waals surface area contributed by atoms with Gasteiger partial charge in [-0.3, -0.25) is 14.9 Å². The van der Waals surface area contributed by atoms with Gasteiger partial charge in [0.05, 0.1) is 21.7 Å². The summed E-state index contributed by atoms with van der Waals surface area (Å²) >= 11 is 11.7. The van der Waals surface area contributed by atoms with E-state index in [1.54, 1.807) is 42.5 Å². The Bertz CT molecular complexity index is 1080. The molecular weight excluding hydrogens is 421 g/mol. The lowest BCUT2D eigenvalue weighted by molar-refractivity contribution is -0.384. The molecule has 0 fully saturated rings. The van der Waals surface area contributed by atoms with Crippen LogP contribution >= 0.6 is 23.2 Å². The highest BCUT2D eigenvalue weighted by atomic mass is 35.5. The molecule has 0 atom stereocenters. The smallest absolute Gasteiger partial charge is 0.280 e. The number of hydrazone groups is 1. The van der Waals surface area contributed by atoms with Crippen LogP contribution in [0.3, 0.4) is 0 Å². The summed E-state index contributed by atoms with van der Waals surface area (Å²) in [6, 6.07) is 14.0. The number of ether oxygens (including phenoxy) is 1. The van der Waals surface area contributed by atoms with Crippen LogP contribution < -0.4 is 10.2 Å². The monoisotopic (exact) mass is 433 g/mol. The van der Waals surface area contributed by atoms with Gasteiger partial charge in [-0.15, -0.1) is 0 Å². The van der Waals surface area contributed by atoms with Gasteiger partial charge in [0, 0.05) is 11.1 Å². The van der Waals surface area contributed by atoms with Crippen LogP contribution in [0.1, 0.15) is 5.76 Å². The van der Waals surface area contributed by atoms with Crippen molar-refractivity contribution in [2.45, 2.75) is 0 Å². The second-order valence-corrected chi connectivity index (χ2v) is 6.48. The number of carbonyl (C=O) groups excluding carboxylic acids is 1. The van der Waals surface area contributed by atoms with Crippen LogP contribution in [-0.2, 0) is 4.79 Å². The number of para-hydroxylation sites is 1. The predicted octanol–water partition coefficient (Wildman–Crippen LogP) is 4.69. The minimum Gasteiger partial charge on any atom is -0.482 e. The molecule has 3 rings (SSSR count). The average molecular weight is 434 g/mol. The number of nitro groups is 1. The van der Waals surface area contributed by atoms with Gasteiger partial charge in [0.1, 0.15) is 17.3 Å². The zero-order valence-electron chi connectivity index (χ0n) is 14.7. The highest BCUT2D eigenvalue weighted by molar-refractivity contribution is 6.35. The number of nitrogens with one attached hydrogen (secondary N) is 1. The number of carbonyl (C=O) groups is 1.